The lowest BCUT2D eigenvalue weighted by atomic mass is 10.3. The largest absolute Gasteiger partial charge is 0.379 e. The lowest BCUT2D eigenvalue weighted by molar-refractivity contribution is 0.00907. The van der Waals surface area contributed by atoms with Crippen LogP contribution in [0.1, 0.15) is 0 Å². The molecular formula is C6H17N5O. The van der Waals surface area contributed by atoms with E-state index in [9.17, 15) is 0 Å². The fourth-order valence-electron chi connectivity index (χ4n) is 1.29. The van der Waals surface area contributed by atoms with Crippen LogP contribution in [0.2, 0.25) is 0 Å². The molecular weight excluding hydrogens is 158 g/mol. The zero-order valence-electron chi connectivity index (χ0n) is 7.12. The summed E-state index contributed by atoms with van der Waals surface area (Å²) in [6.07, 6.45) is 0.0962. The van der Waals surface area contributed by atoms with Crippen LogP contribution in [-0.4, -0.2) is 43.9 Å². The molecule has 0 aromatic heterocycles. The van der Waals surface area contributed by atoms with Crippen LogP contribution in [-0.2, 0) is 4.74 Å². The molecule has 6 N–H and O–H groups in total. The molecule has 1 atom stereocenters. The fourth-order valence-corrected chi connectivity index (χ4v) is 1.29. The van der Waals surface area contributed by atoms with Crippen LogP contribution in [0, 0.1) is 0 Å². The summed E-state index contributed by atoms with van der Waals surface area (Å²) in [7, 11) is 0. The van der Waals surface area contributed by atoms with Gasteiger partial charge in [0, 0.05) is 19.6 Å². The Morgan fingerprint density at radius 2 is 2.00 bits per heavy atom. The van der Waals surface area contributed by atoms with Gasteiger partial charge < -0.3 is 4.74 Å². The highest BCUT2D eigenvalue weighted by Gasteiger charge is 2.18. The van der Waals surface area contributed by atoms with Gasteiger partial charge in [-0.15, -0.1) is 0 Å². The summed E-state index contributed by atoms with van der Waals surface area (Å²) in [5, 5.41) is 0. The molecule has 0 saturated carbocycles. The zero-order valence-corrected chi connectivity index (χ0v) is 7.12. The zero-order chi connectivity index (χ0) is 8.81. The van der Waals surface area contributed by atoms with Crippen molar-refractivity contribution >= 4 is 0 Å². The van der Waals surface area contributed by atoms with Gasteiger partial charge in [0.25, 0.3) is 0 Å². The van der Waals surface area contributed by atoms with Gasteiger partial charge in [0.05, 0.1) is 19.4 Å². The summed E-state index contributed by atoms with van der Waals surface area (Å²) in [4.78, 5) is 2.20. The van der Waals surface area contributed by atoms with Crippen molar-refractivity contribution in [2.75, 3.05) is 32.8 Å². The summed E-state index contributed by atoms with van der Waals surface area (Å²) in [5.41, 5.74) is 5.29. The third-order valence-electron chi connectivity index (χ3n) is 1.99. The summed E-state index contributed by atoms with van der Waals surface area (Å²) in [6, 6.07) is 0. The standard InChI is InChI=1S/C6H17N5O/c7-9-5-6(10-8)11-1-3-12-4-2-11/h6,9-10H,1-5,7-8H2. The summed E-state index contributed by atoms with van der Waals surface area (Å²) >= 11 is 0. The van der Waals surface area contributed by atoms with Crippen LogP contribution in [0.3, 0.4) is 0 Å². The maximum atomic E-state index is 5.36. The molecule has 1 aliphatic heterocycles. The second kappa shape index (κ2) is 5.41. The van der Waals surface area contributed by atoms with E-state index in [0.717, 1.165) is 26.3 Å². The Labute approximate surface area is 72.2 Å². The van der Waals surface area contributed by atoms with E-state index in [4.69, 9.17) is 16.4 Å². The van der Waals surface area contributed by atoms with E-state index in [1.165, 1.54) is 0 Å². The Balaban J connectivity index is 2.29. The lowest BCUT2D eigenvalue weighted by Gasteiger charge is -2.33. The maximum Gasteiger partial charge on any atom is 0.0868 e. The second-order valence-corrected chi connectivity index (χ2v) is 2.74. The number of hydrogen-bond acceptors (Lipinski definition) is 6. The molecule has 0 radical (unpaired) electrons. The first kappa shape index (κ1) is 9.85. The van der Waals surface area contributed by atoms with Crippen molar-refractivity contribution in [1.82, 2.24) is 15.8 Å². The molecule has 1 rings (SSSR count). The number of nitrogens with two attached hydrogens (primary N) is 2. The van der Waals surface area contributed by atoms with Crippen LogP contribution in [0.5, 0.6) is 0 Å². The third-order valence-corrected chi connectivity index (χ3v) is 1.99. The molecule has 6 nitrogen and oxygen atoms in total. The summed E-state index contributed by atoms with van der Waals surface area (Å²) < 4.78 is 5.21. The van der Waals surface area contributed by atoms with E-state index in [1.807, 2.05) is 0 Å². The molecule has 1 unspecified atom stereocenters. The first-order valence-corrected chi connectivity index (χ1v) is 4.10. The van der Waals surface area contributed by atoms with Crippen molar-refractivity contribution < 1.29 is 4.74 Å². The van der Waals surface area contributed by atoms with Gasteiger partial charge in [-0.05, 0) is 0 Å². The van der Waals surface area contributed by atoms with E-state index < -0.39 is 0 Å². The number of rotatable bonds is 4. The summed E-state index contributed by atoms with van der Waals surface area (Å²) in [5.74, 6) is 10.6. The van der Waals surface area contributed by atoms with Crippen molar-refractivity contribution in [3.63, 3.8) is 0 Å². The fraction of sp³-hybridized carbons (Fsp3) is 1.00. The quantitative estimate of drug-likeness (QED) is 0.281. The molecule has 72 valence electrons. The van der Waals surface area contributed by atoms with Crippen LogP contribution in [0.25, 0.3) is 0 Å². The minimum absolute atomic E-state index is 0.0962. The molecule has 6 heteroatoms. The van der Waals surface area contributed by atoms with Crippen molar-refractivity contribution in [3.05, 3.63) is 0 Å². The minimum Gasteiger partial charge on any atom is -0.379 e. The first-order valence-electron chi connectivity index (χ1n) is 4.10. The minimum atomic E-state index is 0.0962. The third kappa shape index (κ3) is 2.67. The topological polar surface area (TPSA) is 88.6 Å². The van der Waals surface area contributed by atoms with Crippen LogP contribution in [0.15, 0.2) is 0 Å². The normalized spacial score (nSPS) is 22.5. The molecule has 0 aromatic rings. The van der Waals surface area contributed by atoms with Gasteiger partial charge in [-0.3, -0.25) is 22.0 Å². The Hall–Kier alpha value is -0.240. The highest BCUT2D eigenvalue weighted by Crippen LogP contribution is 1.99. The van der Waals surface area contributed by atoms with Crippen molar-refractivity contribution in [3.8, 4) is 0 Å². The number of ether oxygens (including phenoxy) is 1. The number of nitrogens with one attached hydrogen (secondary N) is 2. The molecule has 1 fully saturated rings. The Bertz CT molecular complexity index is 114. The molecule has 0 bridgehead atoms. The SMILES string of the molecule is NNCC(NN)N1CCOCC1. The van der Waals surface area contributed by atoms with Gasteiger partial charge in [0.15, 0.2) is 0 Å². The highest BCUT2D eigenvalue weighted by atomic mass is 16.5. The van der Waals surface area contributed by atoms with Gasteiger partial charge in [0.1, 0.15) is 0 Å². The van der Waals surface area contributed by atoms with Crippen LogP contribution in [0.4, 0.5) is 0 Å². The molecule has 0 aliphatic carbocycles. The van der Waals surface area contributed by atoms with Gasteiger partial charge in [-0.1, -0.05) is 0 Å². The number of morpholine rings is 1. The molecule has 0 spiro atoms. The maximum absolute atomic E-state index is 5.36. The van der Waals surface area contributed by atoms with Crippen molar-refractivity contribution in [2.45, 2.75) is 6.17 Å². The van der Waals surface area contributed by atoms with Crippen molar-refractivity contribution in [2.24, 2.45) is 11.7 Å². The van der Waals surface area contributed by atoms with E-state index in [1.54, 1.807) is 0 Å². The van der Waals surface area contributed by atoms with E-state index in [2.05, 4.69) is 15.8 Å². The molecule has 0 aromatic carbocycles. The molecule has 0 amide bonds. The second-order valence-electron chi connectivity index (χ2n) is 2.74. The predicted molar refractivity (Wildman–Crippen MR) is 45.7 cm³/mol. The Morgan fingerprint density at radius 3 is 2.50 bits per heavy atom. The molecule has 1 saturated heterocycles. The Kier molecular flexibility index (Phi) is 4.44. The lowest BCUT2D eigenvalue weighted by Crippen LogP contribution is -2.57. The number of hydrazine groups is 2. The van der Waals surface area contributed by atoms with Crippen LogP contribution < -0.4 is 22.5 Å². The van der Waals surface area contributed by atoms with E-state index in [-0.39, 0.29) is 6.17 Å². The molecule has 12 heavy (non-hydrogen) atoms. The number of nitrogens with zero attached hydrogens (tertiary/aromatic N) is 1. The van der Waals surface area contributed by atoms with Gasteiger partial charge >= 0.3 is 0 Å². The smallest absolute Gasteiger partial charge is 0.0868 e. The molecule has 1 heterocycles. The predicted octanol–water partition coefficient (Wildman–Crippen LogP) is -2.43. The average molecular weight is 175 g/mol. The number of hydrogen-bond donors (Lipinski definition) is 4. The average Bonchev–Trinajstić information content (AvgIpc) is 2.15. The van der Waals surface area contributed by atoms with E-state index >= 15 is 0 Å². The van der Waals surface area contributed by atoms with Gasteiger partial charge in [-0.25, -0.2) is 5.43 Å². The van der Waals surface area contributed by atoms with E-state index in [0.29, 0.717) is 6.54 Å². The highest BCUT2D eigenvalue weighted by molar-refractivity contribution is 4.70. The van der Waals surface area contributed by atoms with Crippen LogP contribution >= 0.6 is 0 Å². The summed E-state index contributed by atoms with van der Waals surface area (Å²) in [6.45, 7) is 3.97. The van der Waals surface area contributed by atoms with Crippen molar-refractivity contribution in [1.29, 1.82) is 0 Å². The Morgan fingerprint density at radius 1 is 1.33 bits per heavy atom. The van der Waals surface area contributed by atoms with Gasteiger partial charge in [0.2, 0.25) is 0 Å². The van der Waals surface area contributed by atoms with Gasteiger partial charge in [-0.2, -0.15) is 0 Å². The monoisotopic (exact) mass is 175 g/mol. The first-order chi connectivity index (χ1) is 5.88. The molecule has 1 aliphatic rings.